The number of para-hydroxylation sites is 2. The number of thiazole rings is 1. The van der Waals surface area contributed by atoms with E-state index in [0.29, 0.717) is 33.3 Å². The van der Waals surface area contributed by atoms with Gasteiger partial charge in [0.25, 0.3) is 0 Å². The van der Waals surface area contributed by atoms with Crippen LogP contribution in [0.1, 0.15) is 13.3 Å². The Morgan fingerprint density at radius 3 is 2.60 bits per heavy atom. The number of hydrogen-bond acceptors (Lipinski definition) is 6. The Bertz CT molecular complexity index is 1040. The van der Waals surface area contributed by atoms with Crippen LogP contribution >= 0.6 is 11.3 Å². The Labute approximate surface area is 177 Å². The molecule has 7 nitrogen and oxygen atoms in total. The van der Waals surface area contributed by atoms with Crippen molar-refractivity contribution in [2.75, 3.05) is 37.4 Å². The van der Waals surface area contributed by atoms with Gasteiger partial charge in [-0.2, -0.15) is 0 Å². The van der Waals surface area contributed by atoms with Gasteiger partial charge in [0.15, 0.2) is 5.13 Å². The molecule has 0 spiro atoms. The number of aromatic nitrogens is 1. The zero-order chi connectivity index (χ0) is 21.5. The smallest absolute Gasteiger partial charge is 0.240 e. The molecule has 3 aromatic rings. The van der Waals surface area contributed by atoms with E-state index in [1.54, 1.807) is 29.2 Å². The third-order valence-corrected chi connectivity index (χ3v) is 5.19. The van der Waals surface area contributed by atoms with Gasteiger partial charge in [-0.25, -0.2) is 9.37 Å². The summed E-state index contributed by atoms with van der Waals surface area (Å²) < 4.78 is 19.2. The van der Waals surface area contributed by atoms with Crippen LogP contribution in [0.4, 0.5) is 15.2 Å². The number of amides is 2. The van der Waals surface area contributed by atoms with Crippen LogP contribution in [0.2, 0.25) is 0 Å². The third kappa shape index (κ3) is 5.74. The van der Waals surface area contributed by atoms with Crippen LogP contribution in [-0.4, -0.2) is 48.4 Å². The molecule has 0 bridgehead atoms. The molecule has 30 heavy (non-hydrogen) atoms. The first-order chi connectivity index (χ1) is 14.5. The standard InChI is InChI=1S/C21H23FN4O3S/c1-3-10-26(12-19(27)23-15-6-4-5-7-17(15)29-2)13-20(28)25-21-24-16-9-8-14(22)11-18(16)30-21/h4-9,11H,3,10,12-13H2,1-2H3,(H,23,27)(H,24,25,28). The van der Waals surface area contributed by atoms with Crippen LogP contribution in [0.3, 0.4) is 0 Å². The fraction of sp³-hybridized carbons (Fsp3) is 0.286. The molecule has 0 saturated heterocycles. The first kappa shape index (κ1) is 21.7. The minimum absolute atomic E-state index is 0.0392. The number of halogens is 1. The molecule has 0 aliphatic heterocycles. The molecule has 0 aliphatic carbocycles. The normalized spacial score (nSPS) is 10.9. The molecule has 3 rings (SSSR count). The Balaban J connectivity index is 1.59. The monoisotopic (exact) mass is 430 g/mol. The topological polar surface area (TPSA) is 83.6 Å². The Morgan fingerprint density at radius 2 is 1.87 bits per heavy atom. The van der Waals surface area contributed by atoms with Crippen molar-refractivity contribution in [3.63, 3.8) is 0 Å². The third-order valence-electron chi connectivity index (χ3n) is 4.25. The number of carbonyl (C=O) groups excluding carboxylic acids is 2. The highest BCUT2D eigenvalue weighted by molar-refractivity contribution is 7.22. The van der Waals surface area contributed by atoms with Gasteiger partial charge in [0, 0.05) is 0 Å². The maximum atomic E-state index is 13.3. The number of methoxy groups -OCH3 is 1. The Kier molecular flexibility index (Phi) is 7.31. The highest BCUT2D eigenvalue weighted by atomic mass is 32.1. The predicted molar refractivity (Wildman–Crippen MR) is 117 cm³/mol. The average Bonchev–Trinajstić information content (AvgIpc) is 3.09. The van der Waals surface area contributed by atoms with Crippen molar-refractivity contribution in [2.45, 2.75) is 13.3 Å². The van der Waals surface area contributed by atoms with E-state index in [1.165, 1.54) is 30.6 Å². The summed E-state index contributed by atoms with van der Waals surface area (Å²) >= 11 is 1.21. The number of carbonyl (C=O) groups is 2. The maximum Gasteiger partial charge on any atom is 0.240 e. The van der Waals surface area contributed by atoms with E-state index in [-0.39, 0.29) is 30.7 Å². The minimum Gasteiger partial charge on any atom is -0.495 e. The van der Waals surface area contributed by atoms with E-state index in [9.17, 15) is 14.0 Å². The molecule has 158 valence electrons. The molecule has 9 heteroatoms. The number of nitrogens with one attached hydrogen (secondary N) is 2. The molecule has 0 saturated carbocycles. The first-order valence-electron chi connectivity index (χ1n) is 9.49. The van der Waals surface area contributed by atoms with Crippen molar-refractivity contribution in [3.05, 3.63) is 48.3 Å². The second kappa shape index (κ2) is 10.1. The molecule has 2 amide bonds. The molecule has 2 aromatic carbocycles. The number of fused-ring (bicyclic) bond motifs is 1. The Morgan fingerprint density at radius 1 is 1.13 bits per heavy atom. The fourth-order valence-electron chi connectivity index (χ4n) is 2.98. The highest BCUT2D eigenvalue weighted by Gasteiger charge is 2.16. The lowest BCUT2D eigenvalue weighted by Crippen LogP contribution is -2.39. The predicted octanol–water partition coefficient (Wildman–Crippen LogP) is 3.73. The van der Waals surface area contributed by atoms with E-state index in [1.807, 2.05) is 13.0 Å². The molecule has 0 atom stereocenters. The van der Waals surface area contributed by atoms with Crippen LogP contribution < -0.4 is 15.4 Å². The quantitative estimate of drug-likeness (QED) is 0.540. The van der Waals surface area contributed by atoms with E-state index in [4.69, 9.17) is 4.74 Å². The number of benzene rings is 2. The number of rotatable bonds is 9. The Hall–Kier alpha value is -3.04. The van der Waals surface area contributed by atoms with Crippen molar-refractivity contribution in [1.82, 2.24) is 9.88 Å². The second-order valence-corrected chi connectivity index (χ2v) is 7.67. The van der Waals surface area contributed by atoms with Gasteiger partial charge in [-0.1, -0.05) is 30.4 Å². The van der Waals surface area contributed by atoms with E-state index < -0.39 is 0 Å². The van der Waals surface area contributed by atoms with Gasteiger partial charge in [-0.3, -0.25) is 14.5 Å². The number of nitrogens with zero attached hydrogens (tertiary/aromatic N) is 2. The van der Waals surface area contributed by atoms with Crippen molar-refractivity contribution >= 4 is 44.2 Å². The molecule has 1 heterocycles. The van der Waals surface area contributed by atoms with E-state index in [2.05, 4.69) is 15.6 Å². The van der Waals surface area contributed by atoms with Crippen LogP contribution in [0.25, 0.3) is 10.2 Å². The SMILES string of the molecule is CCCN(CC(=O)Nc1nc2ccc(F)cc2s1)CC(=O)Nc1ccccc1OC. The summed E-state index contributed by atoms with van der Waals surface area (Å²) in [5.41, 5.74) is 1.20. The molecular weight excluding hydrogens is 407 g/mol. The molecule has 0 radical (unpaired) electrons. The zero-order valence-electron chi connectivity index (χ0n) is 16.8. The van der Waals surface area contributed by atoms with Gasteiger partial charge >= 0.3 is 0 Å². The first-order valence-corrected chi connectivity index (χ1v) is 10.3. The van der Waals surface area contributed by atoms with Crippen molar-refractivity contribution in [1.29, 1.82) is 0 Å². The second-order valence-electron chi connectivity index (χ2n) is 6.64. The summed E-state index contributed by atoms with van der Waals surface area (Å²) in [4.78, 5) is 31.0. The van der Waals surface area contributed by atoms with Crippen LogP contribution in [0, 0.1) is 5.82 Å². The summed E-state index contributed by atoms with van der Waals surface area (Å²) in [7, 11) is 1.54. The van der Waals surface area contributed by atoms with Crippen LogP contribution in [-0.2, 0) is 9.59 Å². The van der Waals surface area contributed by atoms with Crippen LogP contribution in [0.15, 0.2) is 42.5 Å². The van der Waals surface area contributed by atoms with E-state index >= 15 is 0 Å². The maximum absolute atomic E-state index is 13.3. The molecular formula is C21H23FN4O3S. The number of hydrogen-bond donors (Lipinski definition) is 2. The minimum atomic E-state index is -0.348. The largest absolute Gasteiger partial charge is 0.495 e. The van der Waals surface area contributed by atoms with Gasteiger partial charge in [0.05, 0.1) is 36.1 Å². The summed E-state index contributed by atoms with van der Waals surface area (Å²) in [6.07, 6.45) is 0.787. The molecule has 2 N–H and O–H groups in total. The molecule has 1 aromatic heterocycles. The number of ether oxygens (including phenoxy) is 1. The zero-order valence-corrected chi connectivity index (χ0v) is 17.6. The van der Waals surface area contributed by atoms with Gasteiger partial charge < -0.3 is 15.4 Å². The van der Waals surface area contributed by atoms with E-state index in [0.717, 1.165) is 6.42 Å². The van der Waals surface area contributed by atoms with Gasteiger partial charge in [-0.05, 0) is 43.3 Å². The van der Waals surface area contributed by atoms with Gasteiger partial charge in [-0.15, -0.1) is 0 Å². The summed E-state index contributed by atoms with van der Waals surface area (Å²) in [5.74, 6) is -0.304. The fourth-order valence-corrected chi connectivity index (χ4v) is 3.89. The van der Waals surface area contributed by atoms with Crippen LogP contribution in [0.5, 0.6) is 5.75 Å². The average molecular weight is 431 g/mol. The highest BCUT2D eigenvalue weighted by Crippen LogP contribution is 2.26. The summed E-state index contributed by atoms with van der Waals surface area (Å²) in [6, 6.07) is 11.4. The molecule has 0 fully saturated rings. The number of anilines is 2. The van der Waals surface area contributed by atoms with Crippen molar-refractivity contribution in [3.8, 4) is 5.75 Å². The van der Waals surface area contributed by atoms with Gasteiger partial charge in [0.2, 0.25) is 11.8 Å². The lowest BCUT2D eigenvalue weighted by Gasteiger charge is -2.20. The lowest BCUT2D eigenvalue weighted by atomic mass is 10.3. The molecule has 0 aliphatic rings. The lowest BCUT2D eigenvalue weighted by molar-refractivity contribution is -0.120. The van der Waals surface area contributed by atoms with Crippen molar-refractivity contribution < 1.29 is 18.7 Å². The summed E-state index contributed by atoms with van der Waals surface area (Å²) in [5, 5.41) is 5.95. The molecule has 0 unspecified atom stereocenters. The van der Waals surface area contributed by atoms with Gasteiger partial charge in [0.1, 0.15) is 11.6 Å². The van der Waals surface area contributed by atoms with Crippen molar-refractivity contribution in [2.24, 2.45) is 0 Å². The summed E-state index contributed by atoms with van der Waals surface area (Å²) in [6.45, 7) is 2.66.